The van der Waals surface area contributed by atoms with E-state index in [-0.39, 0.29) is 19.1 Å². The number of nitrogens with one attached hydrogen (secondary N) is 1. The van der Waals surface area contributed by atoms with Gasteiger partial charge in [0.2, 0.25) is 5.91 Å². The molecule has 1 amide bonds. The number of unbranched alkanes of at least 4 members (excludes halogenated alkanes) is 38. The van der Waals surface area contributed by atoms with Gasteiger partial charge in [-0.1, -0.05) is 257 Å². The van der Waals surface area contributed by atoms with E-state index in [1.807, 2.05) is 21.1 Å². The lowest BCUT2D eigenvalue weighted by Gasteiger charge is -2.26. The highest BCUT2D eigenvalue weighted by Crippen LogP contribution is 2.43. The zero-order valence-electron chi connectivity index (χ0n) is 44.3. The summed E-state index contributed by atoms with van der Waals surface area (Å²) in [4.78, 5) is 23.3. The third kappa shape index (κ3) is 50.9. The quantitative estimate of drug-likeness (QED) is 0.0243. The van der Waals surface area contributed by atoms with Gasteiger partial charge < -0.3 is 19.8 Å². The van der Waals surface area contributed by atoms with E-state index in [0.29, 0.717) is 23.9 Å². The Balaban J connectivity index is 4.16. The number of hydrogen-bond donors (Lipinski definition) is 3. The van der Waals surface area contributed by atoms with Crippen molar-refractivity contribution in [2.45, 2.75) is 302 Å². The maximum absolute atomic E-state index is 13.0. The van der Waals surface area contributed by atoms with Crippen molar-refractivity contribution in [3.63, 3.8) is 0 Å². The van der Waals surface area contributed by atoms with E-state index >= 15 is 0 Å². The number of hydrogen-bond acceptors (Lipinski definition) is 5. The number of amides is 1. The van der Waals surface area contributed by atoms with Crippen LogP contribution in [0, 0.1) is 0 Å². The lowest BCUT2D eigenvalue weighted by Crippen LogP contribution is -2.46. The fourth-order valence-electron chi connectivity index (χ4n) is 8.75. The molecule has 9 heteroatoms. The van der Waals surface area contributed by atoms with Gasteiger partial charge in [0.15, 0.2) is 0 Å². The molecule has 3 N–H and O–H groups in total. The third-order valence-electron chi connectivity index (χ3n) is 13.3. The smallest absolute Gasteiger partial charge is 0.391 e. The van der Waals surface area contributed by atoms with E-state index in [2.05, 4.69) is 31.3 Å². The van der Waals surface area contributed by atoms with Gasteiger partial charge in [0, 0.05) is 6.42 Å². The molecule has 0 saturated carbocycles. The second kappa shape index (κ2) is 48.3. The zero-order valence-corrected chi connectivity index (χ0v) is 45.2. The van der Waals surface area contributed by atoms with Gasteiger partial charge in [-0.15, -0.1) is 0 Å². The third-order valence-corrected chi connectivity index (χ3v) is 14.2. The molecule has 0 saturated heterocycles. The maximum atomic E-state index is 13.0. The summed E-state index contributed by atoms with van der Waals surface area (Å²) < 4.78 is 23.8. The minimum atomic E-state index is -4.32. The number of carbonyl (C=O) groups is 1. The minimum absolute atomic E-state index is 0.0765. The number of aliphatic hydroxyl groups excluding tert-OH is 1. The van der Waals surface area contributed by atoms with Gasteiger partial charge in [-0.25, -0.2) is 4.57 Å². The molecule has 0 fully saturated rings. The van der Waals surface area contributed by atoms with Crippen LogP contribution in [0.15, 0.2) is 12.2 Å². The number of carbonyl (C=O) groups excluding carboxylic acids is 1. The Labute approximate surface area is 405 Å². The predicted molar refractivity (Wildman–Crippen MR) is 282 cm³/mol. The first kappa shape index (κ1) is 64.2. The largest absolute Gasteiger partial charge is 0.472 e. The number of allylic oxidation sites excluding steroid dienone is 2. The number of nitrogens with zero attached hydrogens (tertiary/aromatic N) is 1. The number of phosphoric acid groups is 1. The molecule has 3 atom stereocenters. The van der Waals surface area contributed by atoms with Crippen LogP contribution in [0.4, 0.5) is 0 Å². The molecular formula is C56H114N2O6P+. The van der Waals surface area contributed by atoms with Crippen LogP contribution in [0.25, 0.3) is 0 Å². The van der Waals surface area contributed by atoms with Crippen LogP contribution < -0.4 is 5.32 Å². The van der Waals surface area contributed by atoms with Gasteiger partial charge >= 0.3 is 7.82 Å². The van der Waals surface area contributed by atoms with E-state index in [1.54, 1.807) is 0 Å². The summed E-state index contributed by atoms with van der Waals surface area (Å²) in [5.74, 6) is -0.142. The average molecular weight is 943 g/mol. The Morgan fingerprint density at radius 1 is 0.508 bits per heavy atom. The first-order chi connectivity index (χ1) is 31.5. The van der Waals surface area contributed by atoms with Crippen LogP contribution in [0.2, 0.25) is 0 Å². The number of quaternary nitrogens is 1. The van der Waals surface area contributed by atoms with Crippen LogP contribution in [-0.4, -0.2) is 73.4 Å². The van der Waals surface area contributed by atoms with Gasteiger partial charge in [-0.3, -0.25) is 13.8 Å². The summed E-state index contributed by atoms with van der Waals surface area (Å²) in [5, 5.41) is 14.1. The van der Waals surface area contributed by atoms with E-state index in [0.717, 1.165) is 38.5 Å². The van der Waals surface area contributed by atoms with Crippen LogP contribution in [-0.2, 0) is 18.4 Å². The van der Waals surface area contributed by atoms with Crippen LogP contribution in [0.5, 0.6) is 0 Å². The van der Waals surface area contributed by atoms with Crippen molar-refractivity contribution >= 4 is 13.7 Å². The molecule has 0 aliphatic rings. The standard InChI is InChI=1S/C56H113N2O6P/c1-6-8-10-12-14-16-18-20-22-24-26-27-28-29-30-32-34-36-38-40-42-44-46-48-50-56(60)57-54(53-64-65(61,62)63-52-51-58(3,4)5)55(59)49-47-45-43-41-39-37-35-33-31-25-23-21-19-17-15-13-11-9-7-2/h29-30,54-55,59H,6-28,31-53H2,1-5H3,(H-,57,60,61,62)/p+1/b30-29-. The Morgan fingerprint density at radius 3 is 1.18 bits per heavy atom. The fraction of sp³-hybridized carbons (Fsp3) is 0.946. The first-order valence-electron chi connectivity index (χ1n) is 28.6. The molecule has 0 rings (SSSR count). The molecule has 0 bridgehead atoms. The molecule has 0 radical (unpaired) electrons. The molecule has 0 aliphatic heterocycles. The van der Waals surface area contributed by atoms with Crippen molar-refractivity contribution in [1.29, 1.82) is 0 Å². The molecule has 0 spiro atoms. The van der Waals surface area contributed by atoms with Crippen molar-refractivity contribution in [3.05, 3.63) is 12.2 Å². The molecule has 8 nitrogen and oxygen atoms in total. The second-order valence-electron chi connectivity index (χ2n) is 21.0. The minimum Gasteiger partial charge on any atom is -0.391 e. The number of phosphoric ester groups is 1. The molecule has 0 heterocycles. The zero-order chi connectivity index (χ0) is 47.8. The topological polar surface area (TPSA) is 105 Å². The lowest BCUT2D eigenvalue weighted by atomic mass is 10.0. The van der Waals surface area contributed by atoms with E-state index < -0.39 is 20.0 Å². The van der Waals surface area contributed by atoms with Crippen molar-refractivity contribution in [3.8, 4) is 0 Å². The van der Waals surface area contributed by atoms with Crippen molar-refractivity contribution in [1.82, 2.24) is 5.32 Å². The van der Waals surface area contributed by atoms with Crippen molar-refractivity contribution in [2.24, 2.45) is 0 Å². The van der Waals surface area contributed by atoms with Crippen LogP contribution in [0.3, 0.4) is 0 Å². The molecule has 0 aromatic heterocycles. The molecule has 0 aromatic rings. The normalized spacial score (nSPS) is 14.0. The summed E-state index contributed by atoms with van der Waals surface area (Å²) in [7, 11) is 1.63. The van der Waals surface area contributed by atoms with E-state index in [1.165, 1.54) is 225 Å². The van der Waals surface area contributed by atoms with Gasteiger partial charge in [-0.05, 0) is 38.5 Å². The van der Waals surface area contributed by atoms with E-state index in [9.17, 15) is 19.4 Å². The van der Waals surface area contributed by atoms with Crippen LogP contribution >= 0.6 is 7.82 Å². The SMILES string of the molecule is CCCCCCCCCCCCCC/C=C\CCCCCCCCCCC(=O)NC(COP(=O)(O)OCC[N+](C)(C)C)C(O)CCCCCCCCCCCCCCCCCCCCC. The Hall–Kier alpha value is -0.760. The summed E-state index contributed by atoms with van der Waals surface area (Å²) in [6.07, 6.45) is 58.3. The molecular weight excluding hydrogens is 828 g/mol. The van der Waals surface area contributed by atoms with Gasteiger partial charge in [0.1, 0.15) is 13.2 Å². The number of likely N-dealkylation sites (N-methyl/N-ethyl adjacent to an activating group) is 1. The highest BCUT2D eigenvalue weighted by molar-refractivity contribution is 7.47. The Morgan fingerprint density at radius 2 is 0.831 bits per heavy atom. The van der Waals surface area contributed by atoms with Crippen molar-refractivity contribution < 1.29 is 32.9 Å². The molecule has 0 aliphatic carbocycles. The van der Waals surface area contributed by atoms with Gasteiger partial charge in [0.25, 0.3) is 0 Å². The number of aliphatic hydroxyl groups is 1. The monoisotopic (exact) mass is 942 g/mol. The predicted octanol–water partition coefficient (Wildman–Crippen LogP) is 17.0. The summed E-state index contributed by atoms with van der Waals surface area (Å²) >= 11 is 0. The van der Waals surface area contributed by atoms with Crippen molar-refractivity contribution in [2.75, 3.05) is 40.9 Å². The summed E-state index contributed by atoms with van der Waals surface area (Å²) in [6.45, 7) is 4.93. The highest BCUT2D eigenvalue weighted by atomic mass is 31.2. The summed E-state index contributed by atoms with van der Waals surface area (Å²) in [6, 6.07) is -0.760. The number of rotatable bonds is 53. The van der Waals surface area contributed by atoms with E-state index in [4.69, 9.17) is 9.05 Å². The molecule has 3 unspecified atom stereocenters. The lowest BCUT2D eigenvalue weighted by molar-refractivity contribution is -0.870. The summed E-state index contributed by atoms with van der Waals surface area (Å²) in [5.41, 5.74) is 0. The van der Waals surface area contributed by atoms with Crippen LogP contribution in [0.1, 0.15) is 290 Å². The molecule has 0 aromatic carbocycles. The fourth-order valence-corrected chi connectivity index (χ4v) is 9.49. The highest BCUT2D eigenvalue weighted by Gasteiger charge is 2.28. The second-order valence-corrected chi connectivity index (χ2v) is 22.5. The first-order valence-corrected chi connectivity index (χ1v) is 30.0. The molecule has 65 heavy (non-hydrogen) atoms. The molecule has 388 valence electrons. The van der Waals surface area contributed by atoms with Gasteiger partial charge in [0.05, 0.1) is 39.9 Å². The Bertz CT molecular complexity index is 1070. The van der Waals surface area contributed by atoms with Gasteiger partial charge in [-0.2, -0.15) is 0 Å². The maximum Gasteiger partial charge on any atom is 0.472 e. The average Bonchev–Trinajstić information content (AvgIpc) is 3.26. The Kier molecular flexibility index (Phi) is 47.7.